The van der Waals surface area contributed by atoms with Gasteiger partial charge in [0.25, 0.3) is 12.2 Å². The standard InChI is InChI=1S/C20H23N7O3.C5H10O2/c28-27(29)16-3-1-14(2-4-16)18-23-19(25-9-11-30-12-10-25)17-13-22-26(20(17)24-18)15-5-7-21-8-6-15;1-5(2,3)7-4-6/h1-4,13,15,21H,5-12H2;4H,1-3H3. The minimum Gasteiger partial charge on any atom is -0.462 e. The molecule has 0 unspecified atom stereocenters. The van der Waals surface area contributed by atoms with Gasteiger partial charge in [-0.2, -0.15) is 5.10 Å². The van der Waals surface area contributed by atoms with Gasteiger partial charge in [0.2, 0.25) is 0 Å². The number of nitrogens with one attached hydrogen (secondary N) is 1. The number of fused-ring (bicyclic) bond motifs is 1. The van der Waals surface area contributed by atoms with Crippen LogP contribution in [0.1, 0.15) is 39.7 Å². The summed E-state index contributed by atoms with van der Waals surface area (Å²) in [6.07, 6.45) is 3.86. The number of ether oxygens (including phenoxy) is 2. The van der Waals surface area contributed by atoms with E-state index in [-0.39, 0.29) is 11.3 Å². The summed E-state index contributed by atoms with van der Waals surface area (Å²) in [6, 6.07) is 6.67. The van der Waals surface area contributed by atoms with Gasteiger partial charge in [-0.15, -0.1) is 0 Å². The van der Waals surface area contributed by atoms with Crippen molar-refractivity contribution in [3.05, 3.63) is 40.6 Å². The number of rotatable bonds is 5. The molecular weight excluding hydrogens is 478 g/mol. The second kappa shape index (κ2) is 11.6. The number of nitro groups is 1. The maximum atomic E-state index is 11.0. The minimum absolute atomic E-state index is 0.0491. The van der Waals surface area contributed by atoms with E-state index in [2.05, 4.69) is 20.1 Å². The van der Waals surface area contributed by atoms with E-state index in [4.69, 9.17) is 14.7 Å². The molecule has 37 heavy (non-hydrogen) atoms. The average molecular weight is 512 g/mol. The Morgan fingerprint density at radius 1 is 1.14 bits per heavy atom. The summed E-state index contributed by atoms with van der Waals surface area (Å²) in [5.74, 6) is 1.39. The number of hydrogen-bond donors (Lipinski definition) is 1. The van der Waals surface area contributed by atoms with E-state index in [1.807, 2.05) is 31.6 Å². The van der Waals surface area contributed by atoms with E-state index in [1.165, 1.54) is 12.1 Å². The zero-order valence-electron chi connectivity index (χ0n) is 21.4. The van der Waals surface area contributed by atoms with Crippen LogP contribution in [0.15, 0.2) is 30.5 Å². The van der Waals surface area contributed by atoms with E-state index in [1.54, 1.807) is 12.1 Å². The smallest absolute Gasteiger partial charge is 0.293 e. The first kappa shape index (κ1) is 26.4. The van der Waals surface area contributed by atoms with Crippen LogP contribution in [0.4, 0.5) is 11.5 Å². The molecule has 0 amide bonds. The lowest BCUT2D eigenvalue weighted by Crippen LogP contribution is -2.37. The second-order valence-corrected chi connectivity index (χ2v) is 9.91. The van der Waals surface area contributed by atoms with Crippen LogP contribution in [0.25, 0.3) is 22.4 Å². The Balaban J connectivity index is 0.000000405. The molecule has 0 aliphatic carbocycles. The summed E-state index contributed by atoms with van der Waals surface area (Å²) >= 11 is 0. The van der Waals surface area contributed by atoms with Crippen LogP contribution in [0.2, 0.25) is 0 Å². The molecule has 2 aromatic heterocycles. The Bertz CT molecular complexity index is 1210. The van der Waals surface area contributed by atoms with Crippen LogP contribution < -0.4 is 10.2 Å². The Hall–Kier alpha value is -3.64. The van der Waals surface area contributed by atoms with Gasteiger partial charge in [-0.05, 0) is 58.8 Å². The van der Waals surface area contributed by atoms with Crippen molar-refractivity contribution in [3.8, 4) is 11.4 Å². The summed E-state index contributed by atoms with van der Waals surface area (Å²) in [4.78, 5) is 32.1. The lowest BCUT2D eigenvalue weighted by Gasteiger charge is -2.28. The number of non-ortho nitro benzene ring substituents is 1. The van der Waals surface area contributed by atoms with Gasteiger partial charge in [0.1, 0.15) is 11.4 Å². The van der Waals surface area contributed by atoms with Crippen molar-refractivity contribution in [1.29, 1.82) is 0 Å². The third-order valence-electron chi connectivity index (χ3n) is 6.14. The van der Waals surface area contributed by atoms with Gasteiger partial charge < -0.3 is 19.7 Å². The molecule has 1 N–H and O–H groups in total. The van der Waals surface area contributed by atoms with Gasteiger partial charge in [0, 0.05) is 30.8 Å². The van der Waals surface area contributed by atoms with Crippen LogP contribution in [-0.2, 0) is 14.3 Å². The van der Waals surface area contributed by atoms with Crippen LogP contribution in [0.5, 0.6) is 0 Å². The van der Waals surface area contributed by atoms with Crippen molar-refractivity contribution in [1.82, 2.24) is 25.1 Å². The Labute approximate surface area is 215 Å². The summed E-state index contributed by atoms with van der Waals surface area (Å²) < 4.78 is 12.1. The number of benzene rings is 1. The fourth-order valence-corrected chi connectivity index (χ4v) is 4.25. The van der Waals surface area contributed by atoms with Crippen LogP contribution in [0.3, 0.4) is 0 Å². The first-order chi connectivity index (χ1) is 17.8. The van der Waals surface area contributed by atoms with Gasteiger partial charge in [-0.1, -0.05) is 0 Å². The van der Waals surface area contributed by atoms with Crippen LogP contribution >= 0.6 is 0 Å². The minimum atomic E-state index is -0.404. The molecular formula is C25H33N7O5. The van der Waals surface area contributed by atoms with E-state index >= 15 is 0 Å². The molecule has 4 heterocycles. The highest BCUT2D eigenvalue weighted by molar-refractivity contribution is 5.89. The number of morpholine rings is 1. The van der Waals surface area contributed by atoms with Crippen molar-refractivity contribution in [2.45, 2.75) is 45.3 Å². The van der Waals surface area contributed by atoms with Gasteiger partial charge in [-0.25, -0.2) is 14.6 Å². The predicted molar refractivity (Wildman–Crippen MR) is 138 cm³/mol. The number of nitro benzene ring substituents is 1. The highest BCUT2D eigenvalue weighted by Crippen LogP contribution is 2.31. The molecule has 12 nitrogen and oxygen atoms in total. The summed E-state index contributed by atoms with van der Waals surface area (Å²) in [5.41, 5.74) is 1.29. The SMILES string of the molecule is CC(C)(C)OC=O.O=[N+]([O-])c1ccc(-c2nc(N3CCOCC3)c3cnn(C4CCNCC4)c3n2)cc1. The number of carbonyl (C=O) groups is 1. The van der Waals surface area contributed by atoms with E-state index in [0.29, 0.717) is 31.6 Å². The molecule has 0 atom stereocenters. The third kappa shape index (κ3) is 6.57. The molecule has 2 aliphatic rings. The summed E-state index contributed by atoms with van der Waals surface area (Å²) in [5, 5.41) is 20.0. The quantitative estimate of drug-likeness (QED) is 0.309. The molecule has 198 valence electrons. The molecule has 0 radical (unpaired) electrons. The molecule has 2 saturated heterocycles. The number of anilines is 1. The zero-order valence-corrected chi connectivity index (χ0v) is 21.4. The van der Waals surface area contributed by atoms with Crippen molar-refractivity contribution in [3.63, 3.8) is 0 Å². The van der Waals surface area contributed by atoms with Gasteiger partial charge in [-0.3, -0.25) is 14.9 Å². The first-order valence-corrected chi connectivity index (χ1v) is 12.4. The average Bonchev–Trinajstić information content (AvgIpc) is 3.33. The molecule has 0 bridgehead atoms. The fourth-order valence-electron chi connectivity index (χ4n) is 4.25. The number of piperidine rings is 1. The number of carbonyl (C=O) groups excluding carboxylic acids is 1. The van der Waals surface area contributed by atoms with Crippen molar-refractivity contribution < 1.29 is 19.2 Å². The molecule has 2 fully saturated rings. The van der Waals surface area contributed by atoms with Gasteiger partial charge in [0.05, 0.1) is 35.8 Å². The van der Waals surface area contributed by atoms with Crippen LogP contribution in [-0.4, -0.2) is 76.1 Å². The highest BCUT2D eigenvalue weighted by atomic mass is 16.6. The Kier molecular flexibility index (Phi) is 8.29. The molecule has 12 heteroatoms. The fraction of sp³-hybridized carbons (Fsp3) is 0.520. The molecule has 2 aliphatic heterocycles. The van der Waals surface area contributed by atoms with Crippen LogP contribution in [0, 0.1) is 10.1 Å². The summed E-state index contributed by atoms with van der Waals surface area (Å²) in [6.45, 7) is 10.7. The largest absolute Gasteiger partial charge is 0.462 e. The molecule has 1 aromatic carbocycles. The normalized spacial score (nSPS) is 16.7. The van der Waals surface area contributed by atoms with Gasteiger partial charge in [0.15, 0.2) is 11.5 Å². The molecule has 0 saturated carbocycles. The topological polar surface area (TPSA) is 138 Å². The predicted octanol–water partition coefficient (Wildman–Crippen LogP) is 3.12. The third-order valence-corrected chi connectivity index (χ3v) is 6.14. The molecule has 5 rings (SSSR count). The number of aromatic nitrogens is 4. The maximum Gasteiger partial charge on any atom is 0.293 e. The number of hydrogen-bond acceptors (Lipinski definition) is 10. The van der Waals surface area contributed by atoms with E-state index < -0.39 is 4.92 Å². The lowest BCUT2D eigenvalue weighted by molar-refractivity contribution is -0.384. The van der Waals surface area contributed by atoms with Gasteiger partial charge >= 0.3 is 0 Å². The molecule has 3 aromatic rings. The maximum absolute atomic E-state index is 11.0. The zero-order chi connectivity index (χ0) is 26.4. The molecule has 0 spiro atoms. The van der Waals surface area contributed by atoms with E-state index in [0.717, 1.165) is 61.4 Å². The monoisotopic (exact) mass is 511 g/mol. The van der Waals surface area contributed by atoms with Crippen molar-refractivity contribution >= 4 is 29.0 Å². The van der Waals surface area contributed by atoms with Crippen molar-refractivity contribution in [2.75, 3.05) is 44.3 Å². The summed E-state index contributed by atoms with van der Waals surface area (Å²) in [7, 11) is 0. The second-order valence-electron chi connectivity index (χ2n) is 9.91. The van der Waals surface area contributed by atoms with Crippen molar-refractivity contribution in [2.24, 2.45) is 0 Å². The van der Waals surface area contributed by atoms with E-state index in [9.17, 15) is 14.9 Å². The highest BCUT2D eigenvalue weighted by Gasteiger charge is 2.24. The lowest BCUT2D eigenvalue weighted by atomic mass is 10.1. The first-order valence-electron chi connectivity index (χ1n) is 12.4. The Morgan fingerprint density at radius 2 is 1.81 bits per heavy atom. The Morgan fingerprint density at radius 3 is 2.38 bits per heavy atom. The number of nitrogens with zero attached hydrogens (tertiary/aromatic N) is 6.